The van der Waals surface area contributed by atoms with Crippen molar-refractivity contribution >= 4 is 12.0 Å². The molecular weight excluding hydrogens is 384 g/mol. The molecule has 2 rings (SSSR count). The largest absolute Gasteiger partial charge is 0.493 e. The van der Waals surface area contributed by atoms with Crippen LogP contribution in [0.2, 0.25) is 0 Å². The molecule has 0 aromatic heterocycles. The Hall–Kier alpha value is -2.70. The summed E-state index contributed by atoms with van der Waals surface area (Å²) in [5.41, 5.74) is 1.69. The highest BCUT2D eigenvalue weighted by Crippen LogP contribution is 2.35. The predicted octanol–water partition coefficient (Wildman–Crippen LogP) is 4.48. The van der Waals surface area contributed by atoms with E-state index >= 15 is 0 Å². The van der Waals surface area contributed by atoms with Crippen molar-refractivity contribution in [2.45, 2.75) is 59.4 Å². The number of ether oxygens (including phenoxy) is 3. The molecule has 2 N–H and O–H groups in total. The van der Waals surface area contributed by atoms with E-state index in [4.69, 9.17) is 14.2 Å². The van der Waals surface area contributed by atoms with Gasteiger partial charge in [0.05, 0.1) is 31.9 Å². The van der Waals surface area contributed by atoms with E-state index in [2.05, 4.69) is 17.6 Å². The second-order valence-electron chi connectivity index (χ2n) is 7.55. The lowest BCUT2D eigenvalue weighted by Crippen LogP contribution is -2.47. The lowest BCUT2D eigenvalue weighted by Gasteiger charge is -2.31. The third-order valence-corrected chi connectivity index (χ3v) is 4.95. The molecule has 1 atom stereocenters. The quantitative estimate of drug-likeness (QED) is 0.409. The van der Waals surface area contributed by atoms with E-state index in [0.29, 0.717) is 29.4 Å². The van der Waals surface area contributed by atoms with Crippen LogP contribution in [-0.2, 0) is 9.53 Å². The summed E-state index contributed by atoms with van der Waals surface area (Å²) in [6, 6.07) is 4.47. The Balaban J connectivity index is 2.33. The number of allylic oxidation sites excluding steroid dienone is 1. The summed E-state index contributed by atoms with van der Waals surface area (Å²) in [7, 11) is 1.58. The Morgan fingerprint density at radius 3 is 2.53 bits per heavy atom. The first-order valence-electron chi connectivity index (χ1n) is 10.7. The Morgan fingerprint density at radius 1 is 1.13 bits per heavy atom. The molecule has 0 spiro atoms. The van der Waals surface area contributed by atoms with Gasteiger partial charge in [0, 0.05) is 5.70 Å². The van der Waals surface area contributed by atoms with Gasteiger partial charge < -0.3 is 24.8 Å². The van der Waals surface area contributed by atoms with Crippen molar-refractivity contribution < 1.29 is 23.8 Å². The van der Waals surface area contributed by atoms with Crippen LogP contribution < -0.4 is 20.1 Å². The molecule has 7 heteroatoms. The molecule has 166 valence electrons. The molecule has 1 aromatic carbocycles. The smallest absolute Gasteiger partial charge is 0.338 e. The van der Waals surface area contributed by atoms with Crippen LogP contribution in [0.5, 0.6) is 11.5 Å². The van der Waals surface area contributed by atoms with E-state index < -0.39 is 12.0 Å². The number of urea groups is 1. The number of rotatable bonds is 11. The number of carbonyl (C=O) groups is 2. The van der Waals surface area contributed by atoms with Gasteiger partial charge in [-0.3, -0.25) is 0 Å². The maximum atomic E-state index is 12.7. The Labute approximate surface area is 179 Å². The van der Waals surface area contributed by atoms with Crippen LogP contribution in [0, 0.1) is 5.92 Å². The first-order chi connectivity index (χ1) is 14.4. The van der Waals surface area contributed by atoms with Crippen molar-refractivity contribution in [1.82, 2.24) is 10.6 Å². The van der Waals surface area contributed by atoms with Crippen LogP contribution >= 0.6 is 0 Å². The Bertz CT molecular complexity index is 773. The monoisotopic (exact) mass is 418 g/mol. The molecule has 0 fully saturated rings. The molecule has 0 radical (unpaired) electrons. The van der Waals surface area contributed by atoms with Crippen LogP contribution in [0.1, 0.15) is 65.0 Å². The molecule has 1 heterocycles. The van der Waals surface area contributed by atoms with Gasteiger partial charge in [-0.15, -0.1) is 0 Å². The zero-order valence-corrected chi connectivity index (χ0v) is 18.7. The molecule has 7 nitrogen and oxygen atoms in total. The topological polar surface area (TPSA) is 85.9 Å². The lowest BCUT2D eigenvalue weighted by molar-refractivity contribution is -0.139. The molecule has 0 bridgehead atoms. The number of methoxy groups -OCH3 is 1. The van der Waals surface area contributed by atoms with E-state index in [0.717, 1.165) is 18.4 Å². The van der Waals surface area contributed by atoms with Gasteiger partial charge in [0.1, 0.15) is 0 Å². The SMILES string of the molecule is CCCCCCOc1ccc(C2NC(=O)NC(C(C)C)=C2C(=O)OCC)cc1OC. The molecule has 0 saturated carbocycles. The van der Waals surface area contributed by atoms with Gasteiger partial charge >= 0.3 is 12.0 Å². The van der Waals surface area contributed by atoms with Crippen molar-refractivity contribution in [2.24, 2.45) is 5.92 Å². The van der Waals surface area contributed by atoms with E-state index in [-0.39, 0.29) is 18.6 Å². The maximum Gasteiger partial charge on any atom is 0.338 e. The average Bonchev–Trinajstić information content (AvgIpc) is 2.73. The van der Waals surface area contributed by atoms with E-state index in [9.17, 15) is 9.59 Å². The van der Waals surface area contributed by atoms with Crippen molar-refractivity contribution in [3.63, 3.8) is 0 Å². The predicted molar refractivity (Wildman–Crippen MR) is 116 cm³/mol. The molecule has 1 aliphatic rings. The standard InChI is InChI=1S/C23H34N2O5/c1-6-8-9-10-13-30-17-12-11-16(14-18(17)28-5)21-19(22(26)29-7-2)20(15(3)4)24-23(27)25-21/h11-12,14-15,21H,6-10,13H2,1-5H3,(H2,24,25,27). The molecule has 2 amide bonds. The summed E-state index contributed by atoms with van der Waals surface area (Å²) in [6.07, 6.45) is 4.48. The molecule has 1 aliphatic heterocycles. The van der Waals surface area contributed by atoms with Gasteiger partial charge in [-0.2, -0.15) is 0 Å². The van der Waals surface area contributed by atoms with Crippen molar-refractivity contribution in [1.29, 1.82) is 0 Å². The number of hydrogen-bond donors (Lipinski definition) is 2. The van der Waals surface area contributed by atoms with Crippen LogP contribution in [-0.4, -0.2) is 32.3 Å². The van der Waals surface area contributed by atoms with Gasteiger partial charge in [-0.1, -0.05) is 46.1 Å². The molecule has 0 saturated heterocycles. The minimum atomic E-state index is -0.636. The van der Waals surface area contributed by atoms with Crippen LogP contribution in [0.3, 0.4) is 0 Å². The molecule has 30 heavy (non-hydrogen) atoms. The summed E-state index contributed by atoms with van der Waals surface area (Å²) in [5, 5.41) is 5.60. The van der Waals surface area contributed by atoms with Crippen molar-refractivity contribution in [3.05, 3.63) is 35.0 Å². The number of unbranched alkanes of at least 4 members (excludes halogenated alkanes) is 3. The number of esters is 1. The van der Waals surface area contributed by atoms with E-state index in [1.165, 1.54) is 12.8 Å². The Morgan fingerprint density at radius 2 is 1.90 bits per heavy atom. The third kappa shape index (κ3) is 5.90. The summed E-state index contributed by atoms with van der Waals surface area (Å²) in [5.74, 6) is 0.702. The Kier molecular flexibility index (Phi) is 9.02. The minimum Gasteiger partial charge on any atom is -0.493 e. The summed E-state index contributed by atoms with van der Waals surface area (Å²) < 4.78 is 16.7. The summed E-state index contributed by atoms with van der Waals surface area (Å²) in [4.78, 5) is 25.0. The maximum absolute atomic E-state index is 12.7. The van der Waals surface area contributed by atoms with Crippen molar-refractivity contribution in [2.75, 3.05) is 20.3 Å². The highest BCUT2D eigenvalue weighted by Gasteiger charge is 2.35. The number of carbonyl (C=O) groups excluding carboxylic acids is 2. The fourth-order valence-electron chi connectivity index (χ4n) is 3.42. The number of amides is 2. The fraction of sp³-hybridized carbons (Fsp3) is 0.565. The average molecular weight is 419 g/mol. The first-order valence-corrected chi connectivity index (χ1v) is 10.7. The second-order valence-corrected chi connectivity index (χ2v) is 7.55. The molecule has 1 aromatic rings. The normalized spacial score (nSPS) is 16.2. The molecular formula is C23H34N2O5. The molecule has 0 aliphatic carbocycles. The first kappa shape index (κ1) is 23.6. The highest BCUT2D eigenvalue weighted by molar-refractivity contribution is 5.95. The zero-order chi connectivity index (χ0) is 22.1. The molecule has 1 unspecified atom stereocenters. The van der Waals surface area contributed by atoms with E-state index in [1.807, 2.05) is 26.0 Å². The van der Waals surface area contributed by atoms with Gasteiger partial charge in [0.2, 0.25) is 0 Å². The van der Waals surface area contributed by atoms with Gasteiger partial charge in [-0.25, -0.2) is 9.59 Å². The summed E-state index contributed by atoms with van der Waals surface area (Å²) >= 11 is 0. The van der Waals surface area contributed by atoms with Crippen LogP contribution in [0.4, 0.5) is 4.79 Å². The number of benzene rings is 1. The summed E-state index contributed by atoms with van der Waals surface area (Å²) in [6.45, 7) is 8.65. The number of hydrogen-bond acceptors (Lipinski definition) is 5. The van der Waals surface area contributed by atoms with E-state index in [1.54, 1.807) is 20.1 Å². The number of nitrogens with one attached hydrogen (secondary N) is 2. The van der Waals surface area contributed by atoms with Gasteiger partial charge in [0.25, 0.3) is 0 Å². The van der Waals surface area contributed by atoms with Gasteiger partial charge in [-0.05, 0) is 37.0 Å². The van der Waals surface area contributed by atoms with Crippen LogP contribution in [0.15, 0.2) is 29.5 Å². The highest BCUT2D eigenvalue weighted by atomic mass is 16.5. The second kappa shape index (κ2) is 11.5. The van der Waals surface area contributed by atoms with Crippen LogP contribution in [0.25, 0.3) is 0 Å². The third-order valence-electron chi connectivity index (χ3n) is 4.95. The van der Waals surface area contributed by atoms with Crippen molar-refractivity contribution in [3.8, 4) is 11.5 Å². The fourth-order valence-corrected chi connectivity index (χ4v) is 3.42. The lowest BCUT2D eigenvalue weighted by atomic mass is 9.91. The zero-order valence-electron chi connectivity index (χ0n) is 18.7. The van der Waals surface area contributed by atoms with Gasteiger partial charge in [0.15, 0.2) is 11.5 Å². The minimum absolute atomic E-state index is 0.0504.